The fourth-order valence-corrected chi connectivity index (χ4v) is 1.53. The largest absolute Gasteiger partial charge is 0.478 e. The molecule has 1 aromatic heterocycles. The molecule has 0 unspecified atom stereocenters. The zero-order valence-electron chi connectivity index (χ0n) is 10.5. The molecule has 0 atom stereocenters. The molecular formula is C14H8FN3O3. The first kappa shape index (κ1) is 14.1. The number of carbonyl (C=O) groups excluding carboxylic acids is 1. The Morgan fingerprint density at radius 3 is 2.57 bits per heavy atom. The van der Waals surface area contributed by atoms with Crippen molar-refractivity contribution in [3.63, 3.8) is 0 Å². The maximum Gasteiger partial charge on any atom is 0.335 e. The molecular weight excluding hydrogens is 277 g/mol. The van der Waals surface area contributed by atoms with E-state index in [4.69, 9.17) is 10.4 Å². The molecule has 2 rings (SSSR count). The highest BCUT2D eigenvalue weighted by atomic mass is 19.1. The third-order valence-electron chi connectivity index (χ3n) is 2.59. The van der Waals surface area contributed by atoms with Crippen LogP contribution in [0, 0.1) is 17.1 Å². The molecule has 0 fully saturated rings. The minimum atomic E-state index is -1.26. The zero-order chi connectivity index (χ0) is 15.4. The van der Waals surface area contributed by atoms with Crippen LogP contribution in [0.1, 0.15) is 26.4 Å². The number of benzene rings is 1. The van der Waals surface area contributed by atoms with Crippen molar-refractivity contribution in [1.82, 2.24) is 4.98 Å². The number of hydrogen-bond donors (Lipinski definition) is 2. The first-order valence-electron chi connectivity index (χ1n) is 5.71. The first-order chi connectivity index (χ1) is 10.0. The molecule has 104 valence electrons. The summed E-state index contributed by atoms with van der Waals surface area (Å²) in [6.07, 6.45) is 1.22. The van der Waals surface area contributed by atoms with Gasteiger partial charge in [-0.15, -0.1) is 0 Å². The highest BCUT2D eigenvalue weighted by Crippen LogP contribution is 2.16. The molecule has 0 aliphatic heterocycles. The summed E-state index contributed by atoms with van der Waals surface area (Å²) in [4.78, 5) is 26.3. The van der Waals surface area contributed by atoms with Gasteiger partial charge in [0, 0.05) is 6.20 Å². The molecule has 2 aromatic rings. The zero-order valence-corrected chi connectivity index (χ0v) is 10.5. The van der Waals surface area contributed by atoms with Crippen molar-refractivity contribution >= 4 is 17.6 Å². The topological polar surface area (TPSA) is 103 Å². The second kappa shape index (κ2) is 5.79. The Morgan fingerprint density at radius 1 is 1.29 bits per heavy atom. The van der Waals surface area contributed by atoms with E-state index in [2.05, 4.69) is 10.3 Å². The summed E-state index contributed by atoms with van der Waals surface area (Å²) in [5.41, 5.74) is -0.0718. The number of hydrogen-bond acceptors (Lipinski definition) is 4. The first-order valence-corrected chi connectivity index (χ1v) is 5.71. The lowest BCUT2D eigenvalue weighted by molar-refractivity contribution is 0.0696. The van der Waals surface area contributed by atoms with E-state index in [1.165, 1.54) is 24.4 Å². The number of rotatable bonds is 3. The number of nitriles is 1. The molecule has 0 aliphatic rings. The van der Waals surface area contributed by atoms with Gasteiger partial charge in [-0.2, -0.15) is 5.26 Å². The monoisotopic (exact) mass is 285 g/mol. The van der Waals surface area contributed by atoms with Gasteiger partial charge in [-0.1, -0.05) is 0 Å². The van der Waals surface area contributed by atoms with E-state index >= 15 is 0 Å². The lowest BCUT2D eigenvalue weighted by Crippen LogP contribution is -2.15. The van der Waals surface area contributed by atoms with Gasteiger partial charge in [0.1, 0.15) is 17.6 Å². The van der Waals surface area contributed by atoms with Gasteiger partial charge in [0.25, 0.3) is 5.91 Å². The quantitative estimate of drug-likeness (QED) is 0.898. The highest BCUT2D eigenvalue weighted by Gasteiger charge is 2.12. The van der Waals surface area contributed by atoms with Crippen LogP contribution in [0.5, 0.6) is 0 Å². The summed E-state index contributed by atoms with van der Waals surface area (Å²) < 4.78 is 13.7. The molecule has 1 aromatic carbocycles. The van der Waals surface area contributed by atoms with Crippen molar-refractivity contribution < 1.29 is 19.1 Å². The van der Waals surface area contributed by atoms with Gasteiger partial charge in [-0.25, -0.2) is 14.2 Å². The minimum absolute atomic E-state index is 0.00992. The summed E-state index contributed by atoms with van der Waals surface area (Å²) in [5, 5.41) is 19.6. The van der Waals surface area contributed by atoms with Gasteiger partial charge in [-0.05, 0) is 30.3 Å². The Labute approximate surface area is 118 Å². The van der Waals surface area contributed by atoms with Crippen LogP contribution in [-0.2, 0) is 0 Å². The third-order valence-corrected chi connectivity index (χ3v) is 2.59. The number of amides is 1. The Kier molecular flexibility index (Phi) is 3.90. The Balaban J connectivity index is 2.19. The number of halogens is 1. The van der Waals surface area contributed by atoms with Gasteiger partial charge in [0.05, 0.1) is 16.8 Å². The Hall–Kier alpha value is -3.27. The summed E-state index contributed by atoms with van der Waals surface area (Å²) >= 11 is 0. The smallest absolute Gasteiger partial charge is 0.335 e. The predicted octanol–water partition coefficient (Wildman–Crippen LogP) is 2.04. The van der Waals surface area contributed by atoms with E-state index in [9.17, 15) is 14.0 Å². The molecule has 1 amide bonds. The van der Waals surface area contributed by atoms with E-state index in [1.807, 2.05) is 6.07 Å². The lowest BCUT2D eigenvalue weighted by Gasteiger charge is -2.06. The third kappa shape index (κ3) is 3.19. The fourth-order valence-electron chi connectivity index (χ4n) is 1.53. The van der Waals surface area contributed by atoms with Crippen LogP contribution in [0.2, 0.25) is 0 Å². The molecule has 0 saturated carbocycles. The van der Waals surface area contributed by atoms with Crippen molar-refractivity contribution in [1.29, 1.82) is 5.26 Å². The second-order valence-corrected chi connectivity index (χ2v) is 4.00. The second-order valence-electron chi connectivity index (χ2n) is 4.00. The average molecular weight is 285 g/mol. The molecule has 0 saturated heterocycles. The molecule has 1 heterocycles. The summed E-state index contributed by atoms with van der Waals surface area (Å²) in [6, 6.07) is 7.73. The molecule has 7 heteroatoms. The lowest BCUT2D eigenvalue weighted by atomic mass is 10.2. The normalized spacial score (nSPS) is 9.71. The molecule has 0 bridgehead atoms. The molecule has 2 N–H and O–H groups in total. The number of anilines is 1. The minimum Gasteiger partial charge on any atom is -0.478 e. The number of pyridine rings is 1. The van der Waals surface area contributed by atoms with E-state index < -0.39 is 17.7 Å². The van der Waals surface area contributed by atoms with Crippen molar-refractivity contribution in [2.75, 3.05) is 5.32 Å². The van der Waals surface area contributed by atoms with Gasteiger partial charge in [0.15, 0.2) is 0 Å². The van der Waals surface area contributed by atoms with Crippen LogP contribution in [0.15, 0.2) is 36.5 Å². The molecule has 0 radical (unpaired) electrons. The van der Waals surface area contributed by atoms with E-state index in [1.54, 1.807) is 0 Å². The molecule has 0 spiro atoms. The number of carbonyl (C=O) groups is 2. The van der Waals surface area contributed by atoms with Gasteiger partial charge < -0.3 is 10.4 Å². The van der Waals surface area contributed by atoms with Crippen molar-refractivity contribution in [2.24, 2.45) is 0 Å². The maximum absolute atomic E-state index is 13.7. The van der Waals surface area contributed by atoms with Crippen LogP contribution in [0.3, 0.4) is 0 Å². The fraction of sp³-hybridized carbons (Fsp3) is 0. The molecule has 21 heavy (non-hydrogen) atoms. The van der Waals surface area contributed by atoms with E-state index in [-0.39, 0.29) is 16.9 Å². The van der Waals surface area contributed by atoms with Gasteiger partial charge >= 0.3 is 5.97 Å². The highest BCUT2D eigenvalue weighted by molar-refractivity contribution is 6.03. The van der Waals surface area contributed by atoms with Crippen molar-refractivity contribution in [3.05, 3.63) is 59.2 Å². The van der Waals surface area contributed by atoms with Crippen LogP contribution >= 0.6 is 0 Å². The number of nitrogens with one attached hydrogen (secondary N) is 1. The number of aromatic nitrogens is 1. The Morgan fingerprint density at radius 2 is 2.05 bits per heavy atom. The molecule has 6 nitrogen and oxygen atoms in total. The van der Waals surface area contributed by atoms with Crippen LogP contribution in [0.4, 0.5) is 10.1 Å². The summed E-state index contributed by atoms with van der Waals surface area (Å²) in [5.74, 6) is -2.79. The van der Waals surface area contributed by atoms with Crippen LogP contribution in [-0.4, -0.2) is 22.0 Å². The SMILES string of the molecule is N#Cc1ccc(C(=O)Nc2ccc(C(=O)O)cc2F)nc1. The van der Waals surface area contributed by atoms with Crippen LogP contribution in [0.25, 0.3) is 0 Å². The van der Waals surface area contributed by atoms with Gasteiger partial charge in [-0.3, -0.25) is 4.79 Å². The average Bonchev–Trinajstić information content (AvgIpc) is 2.49. The van der Waals surface area contributed by atoms with E-state index in [0.29, 0.717) is 5.56 Å². The Bertz CT molecular complexity index is 751. The predicted molar refractivity (Wildman–Crippen MR) is 70.3 cm³/mol. The number of aromatic carboxylic acids is 1. The number of carboxylic acids is 1. The van der Waals surface area contributed by atoms with Crippen molar-refractivity contribution in [2.45, 2.75) is 0 Å². The standard InChI is InChI=1S/C14H8FN3O3/c15-10-5-9(14(20)21)2-4-11(10)18-13(19)12-3-1-8(6-16)7-17-12/h1-5,7H,(H,18,19)(H,20,21). The summed E-state index contributed by atoms with van der Waals surface area (Å²) in [6.45, 7) is 0. The van der Waals surface area contributed by atoms with Crippen LogP contribution < -0.4 is 5.32 Å². The maximum atomic E-state index is 13.7. The molecule has 0 aliphatic carbocycles. The van der Waals surface area contributed by atoms with Gasteiger partial charge in [0.2, 0.25) is 0 Å². The summed E-state index contributed by atoms with van der Waals surface area (Å²) in [7, 11) is 0. The van der Waals surface area contributed by atoms with Crippen molar-refractivity contribution in [3.8, 4) is 6.07 Å². The number of carboxylic acid groups (broad SMARTS) is 1. The number of nitrogens with zero attached hydrogens (tertiary/aromatic N) is 2. The van der Waals surface area contributed by atoms with E-state index in [0.717, 1.165) is 12.1 Å².